The van der Waals surface area contributed by atoms with Crippen LogP contribution in [0.25, 0.3) is 0 Å². The molecule has 0 aliphatic carbocycles. The first-order chi connectivity index (χ1) is 15.2. The summed E-state index contributed by atoms with van der Waals surface area (Å²) in [5.41, 5.74) is 0.995. The predicted octanol–water partition coefficient (Wildman–Crippen LogP) is 5.38. The van der Waals surface area contributed by atoms with E-state index in [1.807, 2.05) is 58.5 Å². The molecule has 1 fully saturated rings. The second kappa shape index (κ2) is 11.0. The molecule has 0 unspecified atom stereocenters. The molecule has 0 spiro atoms. The fraction of sp³-hybridized carbons (Fsp3) is 0.542. The number of nitrogens with zero attached hydrogens (tertiary/aromatic N) is 4. The molecule has 8 heteroatoms. The Morgan fingerprint density at radius 3 is 2.50 bits per heavy atom. The lowest BCUT2D eigenvalue weighted by atomic mass is 10.1. The molecule has 2 aromatic rings. The van der Waals surface area contributed by atoms with Gasteiger partial charge in [-0.15, -0.1) is 5.10 Å². The Labute approximate surface area is 189 Å². The number of halogens is 1. The van der Waals surface area contributed by atoms with Gasteiger partial charge in [-0.3, -0.25) is 4.68 Å². The highest BCUT2D eigenvalue weighted by molar-refractivity contribution is 5.68. The van der Waals surface area contributed by atoms with Gasteiger partial charge in [0.15, 0.2) is 0 Å². The number of carbonyl (C=O) groups excluding carboxylic acids is 1. The highest BCUT2D eigenvalue weighted by Gasteiger charge is 2.28. The van der Waals surface area contributed by atoms with Crippen LogP contribution >= 0.6 is 0 Å². The number of rotatable bonds is 4. The molecule has 1 aromatic carbocycles. The Balaban J connectivity index is 0.00000176. The van der Waals surface area contributed by atoms with Gasteiger partial charge in [0.05, 0.1) is 17.7 Å². The van der Waals surface area contributed by atoms with Crippen molar-refractivity contribution in [1.82, 2.24) is 14.7 Å². The quantitative estimate of drug-likeness (QED) is 0.632. The Hall–Kier alpha value is -3.08. The molecule has 2 heterocycles. The predicted molar refractivity (Wildman–Crippen MR) is 120 cm³/mol. The van der Waals surface area contributed by atoms with Crippen LogP contribution in [0.1, 0.15) is 70.2 Å². The molecule has 7 nitrogen and oxygen atoms in total. The first-order valence-electron chi connectivity index (χ1n) is 11.0. The number of likely N-dealkylation sites (tertiary alicyclic amines) is 1. The molecule has 0 saturated carbocycles. The van der Waals surface area contributed by atoms with E-state index in [0.717, 1.165) is 18.4 Å². The van der Waals surface area contributed by atoms with E-state index in [1.165, 1.54) is 6.07 Å². The second-order valence-corrected chi connectivity index (χ2v) is 8.50. The van der Waals surface area contributed by atoms with E-state index in [9.17, 15) is 9.18 Å². The van der Waals surface area contributed by atoms with Crippen molar-refractivity contribution in [3.05, 3.63) is 46.9 Å². The molecule has 1 amide bonds. The number of piperidine rings is 1. The summed E-state index contributed by atoms with van der Waals surface area (Å²) < 4.78 is 27.1. The van der Waals surface area contributed by atoms with E-state index in [1.54, 1.807) is 17.0 Å². The van der Waals surface area contributed by atoms with Gasteiger partial charge < -0.3 is 14.4 Å². The van der Waals surface area contributed by atoms with E-state index in [-0.39, 0.29) is 24.3 Å². The van der Waals surface area contributed by atoms with Gasteiger partial charge in [0.25, 0.3) is 0 Å². The minimum atomic E-state index is -0.506. The summed E-state index contributed by atoms with van der Waals surface area (Å²) in [4.78, 5) is 13.9. The van der Waals surface area contributed by atoms with E-state index < -0.39 is 11.4 Å². The summed E-state index contributed by atoms with van der Waals surface area (Å²) in [6, 6.07) is 6.37. The van der Waals surface area contributed by atoms with Crippen molar-refractivity contribution in [3.8, 4) is 11.9 Å². The van der Waals surface area contributed by atoms with Crippen LogP contribution in [0.3, 0.4) is 0 Å². The van der Waals surface area contributed by atoms with Gasteiger partial charge in [-0.25, -0.2) is 9.18 Å². The summed E-state index contributed by atoms with van der Waals surface area (Å²) in [5, 5.41) is 13.4. The van der Waals surface area contributed by atoms with Crippen LogP contribution < -0.4 is 4.74 Å². The maximum atomic E-state index is 14.0. The lowest BCUT2D eigenvalue weighted by Gasteiger charge is -2.33. The Kier molecular flexibility index (Phi) is 8.64. The average Bonchev–Trinajstić information content (AvgIpc) is 3.13. The molecule has 32 heavy (non-hydrogen) atoms. The van der Waals surface area contributed by atoms with Crippen LogP contribution in [0, 0.1) is 24.1 Å². The van der Waals surface area contributed by atoms with Crippen molar-refractivity contribution < 1.29 is 18.7 Å². The molecule has 1 aliphatic rings. The zero-order valence-electron chi connectivity index (χ0n) is 19.8. The Bertz CT molecular complexity index is 951. The zero-order valence-corrected chi connectivity index (χ0v) is 19.8. The lowest BCUT2D eigenvalue weighted by Crippen LogP contribution is -2.42. The van der Waals surface area contributed by atoms with E-state index in [4.69, 9.17) is 14.7 Å². The first kappa shape index (κ1) is 25.2. The normalized spacial score (nSPS) is 14.2. The zero-order chi connectivity index (χ0) is 23.9. The van der Waals surface area contributed by atoms with Gasteiger partial charge in [-0.05, 0) is 52.7 Å². The van der Waals surface area contributed by atoms with Gasteiger partial charge in [-0.1, -0.05) is 19.9 Å². The number of aryl methyl sites for hydroxylation is 1. The topological polar surface area (TPSA) is 80.4 Å². The minimum Gasteiger partial charge on any atom is -0.471 e. The summed E-state index contributed by atoms with van der Waals surface area (Å²) in [6.45, 7) is 12.7. The molecular weight excluding hydrogens is 411 g/mol. The summed E-state index contributed by atoms with van der Waals surface area (Å²) in [6.07, 6.45) is 3.16. The number of hydrogen-bond acceptors (Lipinski definition) is 5. The second-order valence-electron chi connectivity index (χ2n) is 8.50. The molecule has 0 radical (unpaired) electrons. The van der Waals surface area contributed by atoms with Crippen LogP contribution in [0.5, 0.6) is 5.88 Å². The smallest absolute Gasteiger partial charge is 0.410 e. The molecule has 1 aliphatic heterocycles. The van der Waals surface area contributed by atoms with Crippen LogP contribution in [0.2, 0.25) is 0 Å². The third-order valence-corrected chi connectivity index (χ3v) is 4.91. The van der Waals surface area contributed by atoms with Crippen molar-refractivity contribution >= 4 is 6.09 Å². The lowest BCUT2D eigenvalue weighted by molar-refractivity contribution is 0.0184. The number of hydrogen-bond donors (Lipinski definition) is 0. The number of amides is 1. The van der Waals surface area contributed by atoms with Gasteiger partial charge in [-0.2, -0.15) is 5.26 Å². The van der Waals surface area contributed by atoms with Crippen molar-refractivity contribution in [2.45, 2.75) is 72.6 Å². The largest absolute Gasteiger partial charge is 0.471 e. The van der Waals surface area contributed by atoms with Crippen molar-refractivity contribution in [2.75, 3.05) is 13.1 Å². The van der Waals surface area contributed by atoms with Gasteiger partial charge in [0, 0.05) is 30.4 Å². The number of benzene rings is 1. The van der Waals surface area contributed by atoms with Gasteiger partial charge in [0.1, 0.15) is 18.0 Å². The van der Waals surface area contributed by atoms with Crippen molar-refractivity contribution in [3.63, 3.8) is 0 Å². The minimum absolute atomic E-state index is 0.0342. The first-order valence-corrected chi connectivity index (χ1v) is 11.0. The Morgan fingerprint density at radius 1 is 1.28 bits per heavy atom. The van der Waals surface area contributed by atoms with Gasteiger partial charge >= 0.3 is 6.09 Å². The molecule has 3 rings (SSSR count). The highest BCUT2D eigenvalue weighted by Crippen LogP contribution is 2.27. The van der Waals surface area contributed by atoms with Crippen LogP contribution in [-0.2, 0) is 11.3 Å². The van der Waals surface area contributed by atoms with Gasteiger partial charge in [0.2, 0.25) is 5.88 Å². The average molecular weight is 445 g/mol. The highest BCUT2D eigenvalue weighted by atomic mass is 19.1. The summed E-state index contributed by atoms with van der Waals surface area (Å²) in [7, 11) is 0. The maximum absolute atomic E-state index is 14.0. The van der Waals surface area contributed by atoms with Crippen LogP contribution in [0.4, 0.5) is 9.18 Å². The van der Waals surface area contributed by atoms with E-state index in [0.29, 0.717) is 24.5 Å². The molecule has 0 bridgehead atoms. The molecule has 0 atom stereocenters. The van der Waals surface area contributed by atoms with Crippen molar-refractivity contribution in [2.24, 2.45) is 0 Å². The third-order valence-electron chi connectivity index (χ3n) is 4.91. The van der Waals surface area contributed by atoms with Crippen LogP contribution in [-0.4, -0.2) is 39.5 Å². The molecule has 1 saturated heterocycles. The van der Waals surface area contributed by atoms with Crippen molar-refractivity contribution in [1.29, 1.82) is 5.26 Å². The molecule has 174 valence electrons. The van der Waals surface area contributed by atoms with E-state index >= 15 is 0 Å². The Morgan fingerprint density at radius 2 is 1.94 bits per heavy atom. The summed E-state index contributed by atoms with van der Waals surface area (Å²) >= 11 is 0. The fourth-order valence-electron chi connectivity index (χ4n) is 3.32. The van der Waals surface area contributed by atoms with E-state index in [2.05, 4.69) is 5.10 Å². The third kappa shape index (κ3) is 6.71. The standard InChI is InChI=1S/C22H27FN4O3.C2H6/c1-15-13-27(18-7-9-26(10-8-18)21(28)30-22(2,3)4)25-20(15)29-14-17-6-5-16(12-24)11-19(17)23;1-2/h5-6,11,13,18H,7-10,14H2,1-4H3;1-2H3. The summed E-state index contributed by atoms with van der Waals surface area (Å²) in [5.74, 6) is -0.0195. The number of carbonyl (C=O) groups is 1. The number of aromatic nitrogens is 2. The monoisotopic (exact) mass is 444 g/mol. The van der Waals surface area contributed by atoms with Crippen LogP contribution in [0.15, 0.2) is 24.4 Å². The number of ether oxygens (including phenoxy) is 2. The maximum Gasteiger partial charge on any atom is 0.410 e. The number of nitriles is 1. The molecule has 0 N–H and O–H groups in total. The molecule has 1 aromatic heterocycles. The SMILES string of the molecule is CC.Cc1cn(C2CCN(C(=O)OC(C)(C)C)CC2)nc1OCc1ccc(C#N)cc1F. The fourth-order valence-corrected chi connectivity index (χ4v) is 3.32. The molecular formula is C24H33FN4O3.